The second kappa shape index (κ2) is 5.80. The summed E-state index contributed by atoms with van der Waals surface area (Å²) in [6.07, 6.45) is 2.31. The van der Waals surface area contributed by atoms with Gasteiger partial charge in [0.15, 0.2) is 10.1 Å². The fourth-order valence-electron chi connectivity index (χ4n) is 2.46. The van der Waals surface area contributed by atoms with Gasteiger partial charge in [-0.15, -0.1) is 0 Å². The number of rotatable bonds is 3. The predicted octanol–water partition coefficient (Wildman–Crippen LogP) is 1.91. The molecule has 11 heteroatoms. The Morgan fingerprint density at radius 1 is 1.31 bits per heavy atom. The maximum atomic E-state index is 12.5. The second-order valence-electron chi connectivity index (χ2n) is 5.29. The van der Waals surface area contributed by atoms with Crippen molar-refractivity contribution >= 4 is 49.9 Å². The van der Waals surface area contributed by atoms with Crippen molar-refractivity contribution in [1.29, 1.82) is 0 Å². The van der Waals surface area contributed by atoms with Gasteiger partial charge < -0.3 is 14.0 Å². The summed E-state index contributed by atoms with van der Waals surface area (Å²) >= 11 is 5.97. The Hall–Kier alpha value is -2.95. The quantitative estimate of drug-likeness (QED) is 0.419. The van der Waals surface area contributed by atoms with Crippen LogP contribution in [0.25, 0.3) is 21.9 Å². The minimum atomic E-state index is -4.70. The molecule has 132 valence electrons. The fraction of sp³-hybridized carbons (Fsp3) is 0. The van der Waals surface area contributed by atoms with Crippen LogP contribution in [0.2, 0.25) is 5.02 Å². The van der Waals surface area contributed by atoms with E-state index in [9.17, 15) is 17.8 Å². The largest absolute Gasteiger partial charge is 0.742 e. The van der Waals surface area contributed by atoms with Gasteiger partial charge in [-0.1, -0.05) is 11.6 Å². The van der Waals surface area contributed by atoms with Crippen molar-refractivity contribution in [3.8, 4) is 0 Å². The van der Waals surface area contributed by atoms with Crippen LogP contribution in [0.5, 0.6) is 0 Å². The van der Waals surface area contributed by atoms with Crippen LogP contribution in [0, 0.1) is 0 Å². The minimum absolute atomic E-state index is 0.00477. The Labute approximate surface area is 150 Å². The van der Waals surface area contributed by atoms with Gasteiger partial charge in [0.1, 0.15) is 23.1 Å². The number of hydrogen-bond acceptors (Lipinski definition) is 7. The molecule has 0 bridgehead atoms. The van der Waals surface area contributed by atoms with Crippen LogP contribution in [0.1, 0.15) is 5.76 Å². The standard InChI is InChI=1S/C15H9ClN4O5S/c16-8-1-3-11-10(5-8)13-14(19-11)15(21)20(7-17-13)18-6-9-2-4-12(25-9)26(22,23)24/h1-7,19H,(H,22,23,24)/p-1. The van der Waals surface area contributed by atoms with E-state index in [-0.39, 0.29) is 11.3 Å². The number of H-pyrrole nitrogens is 1. The molecule has 0 saturated heterocycles. The topological polar surface area (TPSA) is 133 Å². The van der Waals surface area contributed by atoms with Crippen molar-refractivity contribution in [2.45, 2.75) is 5.09 Å². The third kappa shape index (κ3) is 2.79. The molecular formula is C15H8ClN4O5S-. The van der Waals surface area contributed by atoms with Crippen LogP contribution < -0.4 is 5.56 Å². The number of nitrogens with zero attached hydrogens (tertiary/aromatic N) is 3. The van der Waals surface area contributed by atoms with Crippen LogP contribution in [0.3, 0.4) is 0 Å². The number of halogens is 1. The second-order valence-corrected chi connectivity index (χ2v) is 7.04. The average molecular weight is 392 g/mol. The number of benzene rings is 1. The van der Waals surface area contributed by atoms with Crippen molar-refractivity contribution < 1.29 is 17.4 Å². The van der Waals surface area contributed by atoms with Gasteiger partial charge in [0.25, 0.3) is 5.56 Å². The van der Waals surface area contributed by atoms with Crippen molar-refractivity contribution in [1.82, 2.24) is 14.6 Å². The summed E-state index contributed by atoms with van der Waals surface area (Å²) in [5.74, 6) is -0.00477. The summed E-state index contributed by atoms with van der Waals surface area (Å²) in [7, 11) is -4.70. The molecule has 0 amide bonds. The van der Waals surface area contributed by atoms with Crippen molar-refractivity contribution in [3.63, 3.8) is 0 Å². The Bertz CT molecular complexity index is 1350. The molecular weight excluding hydrogens is 384 g/mol. The van der Waals surface area contributed by atoms with Gasteiger partial charge in [0, 0.05) is 15.9 Å². The van der Waals surface area contributed by atoms with Gasteiger partial charge in [0.2, 0.25) is 5.09 Å². The third-order valence-corrected chi connectivity index (χ3v) is 4.56. The Balaban J connectivity index is 1.78. The zero-order valence-electron chi connectivity index (χ0n) is 12.7. The highest BCUT2D eigenvalue weighted by molar-refractivity contribution is 7.85. The van der Waals surface area contributed by atoms with E-state index < -0.39 is 20.8 Å². The van der Waals surface area contributed by atoms with Gasteiger partial charge in [0.05, 0.1) is 6.21 Å². The molecule has 0 saturated carbocycles. The number of hydrogen-bond donors (Lipinski definition) is 1. The van der Waals surface area contributed by atoms with E-state index in [1.165, 1.54) is 12.4 Å². The molecule has 3 aromatic heterocycles. The lowest BCUT2D eigenvalue weighted by atomic mass is 10.2. The van der Waals surface area contributed by atoms with E-state index in [1.807, 2.05) is 0 Å². The zero-order valence-corrected chi connectivity index (χ0v) is 14.3. The molecule has 4 aromatic rings. The monoisotopic (exact) mass is 391 g/mol. The molecule has 26 heavy (non-hydrogen) atoms. The third-order valence-electron chi connectivity index (χ3n) is 3.61. The van der Waals surface area contributed by atoms with E-state index >= 15 is 0 Å². The molecule has 0 aliphatic heterocycles. The fourth-order valence-corrected chi connectivity index (χ4v) is 3.06. The number of furan rings is 1. The number of nitrogens with one attached hydrogen (secondary N) is 1. The van der Waals surface area contributed by atoms with E-state index in [4.69, 9.17) is 16.0 Å². The summed E-state index contributed by atoms with van der Waals surface area (Å²) < 4.78 is 38.4. The molecule has 0 unspecified atom stereocenters. The van der Waals surface area contributed by atoms with Crippen LogP contribution in [-0.4, -0.2) is 33.8 Å². The zero-order chi connectivity index (χ0) is 18.5. The van der Waals surface area contributed by atoms with Crippen LogP contribution in [0.15, 0.2) is 56.1 Å². The first-order chi connectivity index (χ1) is 12.3. The molecule has 0 atom stereocenters. The minimum Gasteiger partial charge on any atom is -0.742 e. The average Bonchev–Trinajstić information content (AvgIpc) is 3.19. The first-order valence-electron chi connectivity index (χ1n) is 7.11. The van der Waals surface area contributed by atoms with Gasteiger partial charge in [-0.3, -0.25) is 4.79 Å². The SMILES string of the molecule is O=c1c2[nH]c3ccc(Cl)cc3c2ncn1N=Cc1ccc(S(=O)(=O)[O-])o1. The molecule has 0 aliphatic carbocycles. The summed E-state index contributed by atoms with van der Waals surface area (Å²) in [6, 6.07) is 7.38. The molecule has 9 nitrogen and oxygen atoms in total. The first kappa shape index (κ1) is 16.5. The number of fused-ring (bicyclic) bond motifs is 3. The highest BCUT2D eigenvalue weighted by atomic mass is 35.5. The van der Waals surface area contributed by atoms with Crippen LogP contribution >= 0.6 is 11.6 Å². The highest BCUT2D eigenvalue weighted by Gasteiger charge is 2.11. The molecule has 1 N–H and O–H groups in total. The van der Waals surface area contributed by atoms with Gasteiger partial charge in [-0.2, -0.15) is 9.78 Å². The van der Waals surface area contributed by atoms with Gasteiger partial charge >= 0.3 is 0 Å². The summed E-state index contributed by atoms with van der Waals surface area (Å²) in [5, 5.41) is 4.38. The molecule has 0 radical (unpaired) electrons. The lowest BCUT2D eigenvalue weighted by Crippen LogP contribution is -2.17. The van der Waals surface area contributed by atoms with E-state index in [1.54, 1.807) is 18.2 Å². The van der Waals surface area contributed by atoms with Gasteiger partial charge in [-0.05, 0) is 30.3 Å². The molecule has 0 fully saturated rings. The summed E-state index contributed by atoms with van der Waals surface area (Å²) in [6.45, 7) is 0. The lowest BCUT2D eigenvalue weighted by molar-refractivity contribution is 0.395. The summed E-state index contributed by atoms with van der Waals surface area (Å²) in [5.41, 5.74) is 0.926. The van der Waals surface area contributed by atoms with Crippen LogP contribution in [0.4, 0.5) is 0 Å². The predicted molar refractivity (Wildman–Crippen MR) is 92.5 cm³/mol. The Kier molecular flexibility index (Phi) is 3.68. The molecule has 0 aliphatic rings. The molecule has 4 rings (SSSR count). The Morgan fingerprint density at radius 3 is 2.85 bits per heavy atom. The molecule has 1 aromatic carbocycles. The van der Waals surface area contributed by atoms with E-state index in [0.717, 1.165) is 17.0 Å². The number of aromatic amines is 1. The first-order valence-corrected chi connectivity index (χ1v) is 8.90. The maximum Gasteiger partial charge on any atom is 0.298 e. The normalized spacial score (nSPS) is 12.5. The smallest absolute Gasteiger partial charge is 0.298 e. The lowest BCUT2D eigenvalue weighted by Gasteiger charge is -2.00. The van der Waals surface area contributed by atoms with Crippen molar-refractivity contribution in [2.24, 2.45) is 5.10 Å². The van der Waals surface area contributed by atoms with Crippen LogP contribution in [-0.2, 0) is 10.1 Å². The van der Waals surface area contributed by atoms with E-state index in [0.29, 0.717) is 21.4 Å². The van der Waals surface area contributed by atoms with E-state index in [2.05, 4.69) is 15.1 Å². The van der Waals surface area contributed by atoms with Crippen molar-refractivity contribution in [3.05, 3.63) is 57.8 Å². The highest BCUT2D eigenvalue weighted by Crippen LogP contribution is 2.24. The number of aromatic nitrogens is 3. The molecule has 3 heterocycles. The molecule has 0 spiro atoms. The Morgan fingerprint density at radius 2 is 2.12 bits per heavy atom. The maximum absolute atomic E-state index is 12.5. The van der Waals surface area contributed by atoms with Crippen molar-refractivity contribution in [2.75, 3.05) is 0 Å². The van der Waals surface area contributed by atoms with Gasteiger partial charge in [-0.25, -0.2) is 13.4 Å². The summed E-state index contributed by atoms with van der Waals surface area (Å²) in [4.78, 5) is 19.7.